The molecular formula is C30H24N2O4S. The van der Waals surface area contributed by atoms with Crippen molar-refractivity contribution >= 4 is 35.0 Å². The third-order valence-electron chi connectivity index (χ3n) is 5.72. The van der Waals surface area contributed by atoms with E-state index >= 15 is 0 Å². The van der Waals surface area contributed by atoms with E-state index in [1.807, 2.05) is 73.7 Å². The number of hydrogen-bond donors (Lipinski definition) is 1. The number of aryl methyl sites for hydroxylation is 1. The number of imide groups is 1. The Bertz CT molecular complexity index is 1470. The van der Waals surface area contributed by atoms with Crippen LogP contribution in [0.1, 0.15) is 5.56 Å². The minimum atomic E-state index is -0.442. The Morgan fingerprint density at radius 2 is 1.38 bits per heavy atom. The fraction of sp³-hybridized carbons (Fsp3) is 0.0667. The van der Waals surface area contributed by atoms with Gasteiger partial charge in [-0.3, -0.25) is 9.59 Å². The molecule has 1 aliphatic rings. The number of amides is 2. The molecule has 0 aliphatic carbocycles. The van der Waals surface area contributed by atoms with Crippen LogP contribution in [0, 0.1) is 6.92 Å². The molecule has 2 amide bonds. The maximum atomic E-state index is 13.7. The van der Waals surface area contributed by atoms with Crippen LogP contribution >= 0.6 is 11.8 Å². The van der Waals surface area contributed by atoms with Crippen LogP contribution in [-0.2, 0) is 9.59 Å². The highest BCUT2D eigenvalue weighted by Gasteiger charge is 2.40. The van der Waals surface area contributed by atoms with Crippen molar-refractivity contribution in [1.29, 1.82) is 0 Å². The van der Waals surface area contributed by atoms with Gasteiger partial charge in [-0.15, -0.1) is 0 Å². The number of anilines is 2. The Labute approximate surface area is 219 Å². The van der Waals surface area contributed by atoms with Gasteiger partial charge in [0.05, 0.1) is 18.5 Å². The Morgan fingerprint density at radius 3 is 2.08 bits per heavy atom. The predicted molar refractivity (Wildman–Crippen MR) is 146 cm³/mol. The number of thioether (sulfide) groups is 1. The first-order valence-electron chi connectivity index (χ1n) is 11.6. The van der Waals surface area contributed by atoms with Gasteiger partial charge in [0.1, 0.15) is 27.9 Å². The lowest BCUT2D eigenvalue weighted by Crippen LogP contribution is -2.32. The first kappa shape index (κ1) is 24.2. The van der Waals surface area contributed by atoms with E-state index in [-0.39, 0.29) is 5.70 Å². The molecule has 5 rings (SSSR count). The second kappa shape index (κ2) is 10.6. The highest BCUT2D eigenvalue weighted by Crippen LogP contribution is 2.39. The van der Waals surface area contributed by atoms with Crippen molar-refractivity contribution in [3.63, 3.8) is 0 Å². The molecule has 0 fully saturated rings. The molecule has 0 unspecified atom stereocenters. The van der Waals surface area contributed by atoms with Gasteiger partial charge in [-0.1, -0.05) is 59.8 Å². The number of ether oxygens (including phenoxy) is 2. The summed E-state index contributed by atoms with van der Waals surface area (Å²) in [4.78, 5) is 29.6. The van der Waals surface area contributed by atoms with Gasteiger partial charge < -0.3 is 14.8 Å². The lowest BCUT2D eigenvalue weighted by atomic mass is 10.2. The molecule has 4 aromatic carbocycles. The largest absolute Gasteiger partial charge is 0.495 e. The van der Waals surface area contributed by atoms with E-state index < -0.39 is 11.8 Å². The number of carbonyl (C=O) groups is 2. The zero-order valence-electron chi connectivity index (χ0n) is 20.3. The van der Waals surface area contributed by atoms with E-state index in [9.17, 15) is 9.59 Å². The van der Waals surface area contributed by atoms with Crippen LogP contribution in [0.25, 0.3) is 0 Å². The van der Waals surface area contributed by atoms with Crippen molar-refractivity contribution in [2.75, 3.05) is 17.3 Å². The van der Waals surface area contributed by atoms with Crippen LogP contribution in [0.5, 0.6) is 17.2 Å². The highest BCUT2D eigenvalue weighted by molar-refractivity contribution is 8.04. The fourth-order valence-corrected chi connectivity index (χ4v) is 4.77. The van der Waals surface area contributed by atoms with Crippen molar-refractivity contribution in [2.45, 2.75) is 11.8 Å². The lowest BCUT2D eigenvalue weighted by Gasteiger charge is -2.16. The number of para-hydroxylation sites is 3. The van der Waals surface area contributed by atoms with Gasteiger partial charge in [0.25, 0.3) is 11.8 Å². The number of nitrogens with zero attached hydrogens (tertiary/aromatic N) is 1. The van der Waals surface area contributed by atoms with Crippen molar-refractivity contribution in [3.05, 3.63) is 119 Å². The van der Waals surface area contributed by atoms with Crippen LogP contribution in [-0.4, -0.2) is 18.9 Å². The van der Waals surface area contributed by atoms with Gasteiger partial charge >= 0.3 is 0 Å². The van der Waals surface area contributed by atoms with Gasteiger partial charge in [-0.2, -0.15) is 0 Å². The van der Waals surface area contributed by atoms with Crippen molar-refractivity contribution in [2.24, 2.45) is 0 Å². The summed E-state index contributed by atoms with van der Waals surface area (Å²) in [5, 5.41) is 3.16. The minimum Gasteiger partial charge on any atom is -0.495 e. The number of hydrogen-bond acceptors (Lipinski definition) is 6. The van der Waals surface area contributed by atoms with E-state index in [0.717, 1.165) is 10.5 Å². The average molecular weight is 509 g/mol. The van der Waals surface area contributed by atoms with Crippen LogP contribution in [0.15, 0.2) is 119 Å². The third kappa shape index (κ3) is 5.22. The maximum Gasteiger partial charge on any atom is 0.283 e. The predicted octanol–water partition coefficient (Wildman–Crippen LogP) is 6.79. The Kier molecular flexibility index (Phi) is 6.96. The van der Waals surface area contributed by atoms with E-state index in [1.54, 1.807) is 43.5 Å². The molecule has 0 atom stereocenters. The van der Waals surface area contributed by atoms with Crippen molar-refractivity contribution < 1.29 is 19.1 Å². The van der Waals surface area contributed by atoms with E-state index in [2.05, 4.69) is 5.32 Å². The summed E-state index contributed by atoms with van der Waals surface area (Å²) < 4.78 is 11.3. The molecule has 184 valence electrons. The molecule has 7 heteroatoms. The van der Waals surface area contributed by atoms with Crippen molar-refractivity contribution in [1.82, 2.24) is 0 Å². The molecule has 0 saturated heterocycles. The zero-order valence-corrected chi connectivity index (χ0v) is 21.1. The summed E-state index contributed by atoms with van der Waals surface area (Å²) in [5.74, 6) is 1.02. The molecule has 0 spiro atoms. The second-order valence-electron chi connectivity index (χ2n) is 8.30. The topological polar surface area (TPSA) is 67.9 Å². The molecule has 4 aromatic rings. The third-order valence-corrected chi connectivity index (χ3v) is 6.81. The van der Waals surface area contributed by atoms with Gasteiger partial charge in [0, 0.05) is 4.90 Å². The Morgan fingerprint density at radius 1 is 0.730 bits per heavy atom. The zero-order chi connectivity index (χ0) is 25.8. The van der Waals surface area contributed by atoms with Crippen LogP contribution in [0.4, 0.5) is 11.4 Å². The van der Waals surface area contributed by atoms with Gasteiger partial charge in [-0.05, 0) is 67.6 Å². The number of methoxy groups -OCH3 is 1. The molecule has 0 saturated carbocycles. The molecule has 1 heterocycles. The van der Waals surface area contributed by atoms with E-state index in [1.165, 1.54) is 16.7 Å². The van der Waals surface area contributed by atoms with Crippen molar-refractivity contribution in [3.8, 4) is 17.2 Å². The molecule has 37 heavy (non-hydrogen) atoms. The molecule has 0 bridgehead atoms. The summed E-state index contributed by atoms with van der Waals surface area (Å²) in [6.45, 7) is 2.00. The maximum absolute atomic E-state index is 13.7. The first-order chi connectivity index (χ1) is 18.0. The van der Waals surface area contributed by atoms with E-state index in [0.29, 0.717) is 33.5 Å². The number of carbonyl (C=O) groups excluding carboxylic acids is 2. The van der Waals surface area contributed by atoms with Gasteiger partial charge in [-0.25, -0.2) is 4.90 Å². The monoisotopic (exact) mass is 508 g/mol. The molecule has 0 aromatic heterocycles. The lowest BCUT2D eigenvalue weighted by molar-refractivity contribution is -0.120. The standard InChI is InChI=1S/C30H24N2O4S/c1-20-12-18-24(19-13-20)37-28-27(31-25-10-6-7-11-26(25)35-2)29(33)32(30(28)34)21-14-16-23(17-15-21)36-22-8-4-3-5-9-22/h3-19,31H,1-2H3. The summed E-state index contributed by atoms with van der Waals surface area (Å²) >= 11 is 1.26. The van der Waals surface area contributed by atoms with E-state index in [4.69, 9.17) is 9.47 Å². The van der Waals surface area contributed by atoms with Gasteiger partial charge in [0.2, 0.25) is 0 Å². The number of nitrogens with one attached hydrogen (secondary N) is 1. The summed E-state index contributed by atoms with van der Waals surface area (Å²) in [5.41, 5.74) is 2.36. The normalized spacial score (nSPS) is 13.2. The highest BCUT2D eigenvalue weighted by atomic mass is 32.2. The van der Waals surface area contributed by atoms with Gasteiger partial charge in [0.15, 0.2) is 0 Å². The fourth-order valence-electron chi connectivity index (χ4n) is 3.84. The molecule has 1 aliphatic heterocycles. The first-order valence-corrected chi connectivity index (χ1v) is 12.5. The number of rotatable bonds is 8. The minimum absolute atomic E-state index is 0.199. The number of benzene rings is 4. The summed E-state index contributed by atoms with van der Waals surface area (Å²) in [6.07, 6.45) is 0. The Balaban J connectivity index is 1.46. The molecule has 6 nitrogen and oxygen atoms in total. The van der Waals surface area contributed by atoms with Crippen LogP contribution in [0.3, 0.4) is 0 Å². The SMILES string of the molecule is COc1ccccc1NC1=C(Sc2ccc(C)cc2)C(=O)N(c2ccc(Oc3ccccc3)cc2)C1=O. The molecule has 1 N–H and O–H groups in total. The van der Waals surface area contributed by atoms with Crippen LogP contribution in [0.2, 0.25) is 0 Å². The summed E-state index contributed by atoms with van der Waals surface area (Å²) in [7, 11) is 1.56. The summed E-state index contributed by atoms with van der Waals surface area (Å²) in [6, 6.07) is 31.4. The molecular weight excluding hydrogens is 484 g/mol. The Hall–Kier alpha value is -4.49. The van der Waals surface area contributed by atoms with Crippen LogP contribution < -0.4 is 19.7 Å². The molecule has 0 radical (unpaired) electrons. The average Bonchev–Trinajstić information content (AvgIpc) is 3.15. The smallest absolute Gasteiger partial charge is 0.283 e. The quantitative estimate of drug-likeness (QED) is 0.265. The second-order valence-corrected chi connectivity index (χ2v) is 9.38.